The Morgan fingerprint density at radius 2 is 0.571 bits per heavy atom. The predicted octanol–water partition coefficient (Wildman–Crippen LogP) is 11.5. The lowest BCUT2D eigenvalue weighted by Crippen LogP contribution is -2.34. The maximum atomic E-state index is 12.0. The molecule has 0 saturated heterocycles. The molecule has 0 rings (SSSR count). The number of carbonyl (C=O) groups is 2. The third kappa shape index (κ3) is 35.1. The minimum atomic E-state index is 0.124. The molecule has 0 aromatic rings. The molecule has 0 bridgehead atoms. The summed E-state index contributed by atoms with van der Waals surface area (Å²) in [7, 11) is 0. The highest BCUT2D eigenvalue weighted by atomic mass is 16.2. The smallest absolute Gasteiger partial charge is 0.220 e. The summed E-state index contributed by atoms with van der Waals surface area (Å²) in [5, 5.41) is 5.91. The lowest BCUT2D eigenvalue weighted by Gasteiger charge is -2.08. The van der Waals surface area contributed by atoms with Crippen LogP contribution in [-0.2, 0) is 9.59 Å². The third-order valence-corrected chi connectivity index (χ3v) is 8.64. The van der Waals surface area contributed by atoms with Gasteiger partial charge in [0.25, 0.3) is 0 Å². The van der Waals surface area contributed by atoms with E-state index in [-0.39, 0.29) is 11.8 Å². The summed E-state index contributed by atoms with van der Waals surface area (Å²) < 4.78 is 0. The van der Waals surface area contributed by atoms with E-state index in [1.54, 1.807) is 0 Å². The molecule has 0 atom stereocenters. The first-order chi connectivity index (χ1) is 20.4. The van der Waals surface area contributed by atoms with Crippen molar-refractivity contribution in [2.75, 3.05) is 13.1 Å². The summed E-state index contributed by atoms with van der Waals surface area (Å²) in [4.78, 5) is 24.1. The Bertz CT molecular complexity index is 525. The highest BCUT2D eigenvalue weighted by Gasteiger charge is 2.04. The molecule has 4 heteroatoms. The van der Waals surface area contributed by atoms with E-state index in [0.717, 1.165) is 37.5 Å². The van der Waals surface area contributed by atoms with Crippen LogP contribution in [0.15, 0.2) is 0 Å². The van der Waals surface area contributed by atoms with E-state index in [1.807, 2.05) is 0 Å². The fourth-order valence-corrected chi connectivity index (χ4v) is 5.79. The van der Waals surface area contributed by atoms with Gasteiger partial charge in [0.15, 0.2) is 0 Å². The topological polar surface area (TPSA) is 58.2 Å². The number of nitrogens with one attached hydrogen (secondary N) is 2. The van der Waals surface area contributed by atoms with E-state index in [1.165, 1.54) is 141 Å². The second-order valence-corrected chi connectivity index (χ2v) is 14.1. The average molecular weight is 593 g/mol. The Morgan fingerprint density at radius 1 is 0.357 bits per heavy atom. The molecule has 0 spiro atoms. The van der Waals surface area contributed by atoms with Gasteiger partial charge in [0.1, 0.15) is 0 Å². The van der Waals surface area contributed by atoms with Gasteiger partial charge in [0.05, 0.1) is 0 Å². The Balaban J connectivity index is 3.28. The number of rotatable bonds is 33. The fourth-order valence-electron chi connectivity index (χ4n) is 5.79. The molecule has 0 aromatic carbocycles. The van der Waals surface area contributed by atoms with E-state index in [9.17, 15) is 9.59 Å². The van der Waals surface area contributed by atoms with Gasteiger partial charge in [-0.15, -0.1) is 0 Å². The Hall–Kier alpha value is -1.06. The maximum absolute atomic E-state index is 12.0. The summed E-state index contributed by atoms with van der Waals surface area (Å²) in [5.41, 5.74) is 0. The number of hydrogen-bond donors (Lipinski definition) is 2. The molecule has 0 fully saturated rings. The average Bonchev–Trinajstić information content (AvgIpc) is 2.95. The molecule has 4 nitrogen and oxygen atoms in total. The van der Waals surface area contributed by atoms with Crippen LogP contribution in [0.3, 0.4) is 0 Å². The first-order valence-corrected chi connectivity index (χ1v) is 18.9. The molecule has 0 unspecified atom stereocenters. The second kappa shape index (κ2) is 32.8. The predicted molar refractivity (Wildman–Crippen MR) is 185 cm³/mol. The van der Waals surface area contributed by atoms with Crippen LogP contribution in [0.25, 0.3) is 0 Å². The Kier molecular flexibility index (Phi) is 32.0. The van der Waals surface area contributed by atoms with Crippen molar-refractivity contribution < 1.29 is 9.59 Å². The van der Waals surface area contributed by atoms with Gasteiger partial charge in [-0.25, -0.2) is 0 Å². The SMILES string of the molecule is CC(C)CCCCCCCCCCCCCCC(=O)NCCNC(=O)CCCCCCCCCCCCCCC(C)C. The van der Waals surface area contributed by atoms with Gasteiger partial charge < -0.3 is 10.6 Å². The molecule has 0 aliphatic heterocycles. The van der Waals surface area contributed by atoms with Crippen molar-refractivity contribution in [2.45, 2.75) is 207 Å². The summed E-state index contributed by atoms with van der Waals surface area (Å²) in [6, 6.07) is 0. The van der Waals surface area contributed by atoms with Gasteiger partial charge >= 0.3 is 0 Å². The van der Waals surface area contributed by atoms with E-state index >= 15 is 0 Å². The standard InChI is InChI=1S/C38H76N2O2/c1-35(2)29-25-21-17-13-9-5-7-11-15-19-23-27-31-37(41)39-33-34-40-38(42)32-28-24-20-16-12-8-6-10-14-18-22-26-30-36(3)4/h35-36H,5-34H2,1-4H3,(H,39,41)(H,40,42). The van der Waals surface area contributed by atoms with E-state index in [2.05, 4.69) is 38.3 Å². The Labute approximate surface area is 264 Å². The zero-order valence-electron chi connectivity index (χ0n) is 29.2. The highest BCUT2D eigenvalue weighted by molar-refractivity contribution is 5.77. The van der Waals surface area contributed by atoms with Crippen LogP contribution in [0.4, 0.5) is 0 Å². The number of unbranched alkanes of at least 4 members (excludes halogenated alkanes) is 22. The molecule has 0 radical (unpaired) electrons. The van der Waals surface area contributed by atoms with Crippen molar-refractivity contribution >= 4 is 11.8 Å². The lowest BCUT2D eigenvalue weighted by molar-refractivity contribution is -0.123. The molecule has 2 amide bonds. The van der Waals surface area contributed by atoms with Crippen LogP contribution in [0, 0.1) is 11.8 Å². The van der Waals surface area contributed by atoms with Crippen LogP contribution < -0.4 is 10.6 Å². The van der Waals surface area contributed by atoms with Crippen molar-refractivity contribution in [3.63, 3.8) is 0 Å². The summed E-state index contributed by atoms with van der Waals surface area (Å²) in [6.45, 7) is 10.4. The molecular formula is C38H76N2O2. The number of hydrogen-bond acceptors (Lipinski definition) is 2. The molecule has 250 valence electrons. The monoisotopic (exact) mass is 593 g/mol. The van der Waals surface area contributed by atoms with E-state index in [0.29, 0.717) is 25.9 Å². The van der Waals surface area contributed by atoms with Crippen molar-refractivity contribution in [3.8, 4) is 0 Å². The van der Waals surface area contributed by atoms with Gasteiger partial charge in [0.2, 0.25) is 11.8 Å². The van der Waals surface area contributed by atoms with Crippen molar-refractivity contribution in [1.29, 1.82) is 0 Å². The number of amides is 2. The largest absolute Gasteiger partial charge is 0.354 e. The van der Waals surface area contributed by atoms with Gasteiger partial charge in [-0.3, -0.25) is 9.59 Å². The number of carbonyl (C=O) groups excluding carboxylic acids is 2. The third-order valence-electron chi connectivity index (χ3n) is 8.64. The highest BCUT2D eigenvalue weighted by Crippen LogP contribution is 2.16. The van der Waals surface area contributed by atoms with Crippen LogP contribution >= 0.6 is 0 Å². The van der Waals surface area contributed by atoms with Crippen LogP contribution in [0.5, 0.6) is 0 Å². The molecule has 0 aliphatic rings. The van der Waals surface area contributed by atoms with Crippen molar-refractivity contribution in [2.24, 2.45) is 11.8 Å². The first-order valence-electron chi connectivity index (χ1n) is 18.9. The van der Waals surface area contributed by atoms with Crippen molar-refractivity contribution in [3.05, 3.63) is 0 Å². The van der Waals surface area contributed by atoms with Gasteiger partial charge in [-0.2, -0.15) is 0 Å². The summed E-state index contributed by atoms with van der Waals surface area (Å²) >= 11 is 0. The second-order valence-electron chi connectivity index (χ2n) is 14.1. The first kappa shape index (κ1) is 40.9. The maximum Gasteiger partial charge on any atom is 0.220 e. The molecule has 0 aliphatic carbocycles. The Morgan fingerprint density at radius 3 is 0.810 bits per heavy atom. The molecule has 0 saturated carbocycles. The minimum absolute atomic E-state index is 0.124. The van der Waals surface area contributed by atoms with Gasteiger partial charge in [0, 0.05) is 25.9 Å². The van der Waals surface area contributed by atoms with Crippen LogP contribution in [0.1, 0.15) is 207 Å². The molecule has 2 N–H and O–H groups in total. The summed E-state index contributed by atoms with van der Waals surface area (Å²) in [5.74, 6) is 1.96. The van der Waals surface area contributed by atoms with E-state index in [4.69, 9.17) is 0 Å². The summed E-state index contributed by atoms with van der Waals surface area (Å²) in [6.07, 6.45) is 35.7. The quantitative estimate of drug-likeness (QED) is 0.0745. The molecule has 0 aromatic heterocycles. The van der Waals surface area contributed by atoms with Gasteiger partial charge in [-0.05, 0) is 24.7 Å². The molecule has 42 heavy (non-hydrogen) atoms. The zero-order valence-corrected chi connectivity index (χ0v) is 29.2. The zero-order chi connectivity index (χ0) is 30.9. The molecular weight excluding hydrogens is 516 g/mol. The normalized spacial score (nSPS) is 11.5. The van der Waals surface area contributed by atoms with Crippen LogP contribution in [-0.4, -0.2) is 24.9 Å². The molecule has 0 heterocycles. The van der Waals surface area contributed by atoms with E-state index < -0.39 is 0 Å². The lowest BCUT2D eigenvalue weighted by atomic mass is 10.0. The van der Waals surface area contributed by atoms with Gasteiger partial charge in [-0.1, -0.05) is 182 Å². The van der Waals surface area contributed by atoms with Crippen molar-refractivity contribution in [1.82, 2.24) is 10.6 Å². The minimum Gasteiger partial charge on any atom is -0.354 e. The fraction of sp³-hybridized carbons (Fsp3) is 0.947. The van der Waals surface area contributed by atoms with Crippen LogP contribution in [0.2, 0.25) is 0 Å².